The van der Waals surface area contributed by atoms with Crippen LogP contribution >= 0.6 is 0 Å². The summed E-state index contributed by atoms with van der Waals surface area (Å²) in [5.74, 6) is 0. The van der Waals surface area contributed by atoms with E-state index in [1.165, 1.54) is 11.3 Å². The second-order valence-electron chi connectivity index (χ2n) is 4.05. The van der Waals surface area contributed by atoms with Gasteiger partial charge in [0.05, 0.1) is 0 Å². The molecule has 0 saturated heterocycles. The van der Waals surface area contributed by atoms with Crippen molar-refractivity contribution in [3.05, 3.63) is 29.8 Å². The molecule has 2 nitrogen and oxygen atoms in total. The summed E-state index contributed by atoms with van der Waals surface area (Å²) < 4.78 is 0. The van der Waals surface area contributed by atoms with Crippen molar-refractivity contribution in [1.29, 1.82) is 0 Å². The van der Waals surface area contributed by atoms with E-state index in [-0.39, 0.29) is 6.04 Å². The molecule has 2 atom stereocenters. The minimum absolute atomic E-state index is 0.182. The van der Waals surface area contributed by atoms with Gasteiger partial charge in [-0.15, -0.1) is 0 Å². The maximum atomic E-state index is 5.86. The predicted molar refractivity (Wildman–Crippen MR) is 62.7 cm³/mol. The normalized spacial score (nSPS) is 14.9. The number of rotatable bonds is 3. The number of hydrogen-bond donors (Lipinski definition) is 1. The predicted octanol–water partition coefficient (Wildman–Crippen LogP) is 2.17. The van der Waals surface area contributed by atoms with Crippen LogP contribution in [-0.4, -0.2) is 19.1 Å². The maximum absolute atomic E-state index is 5.86. The molecule has 0 aliphatic heterocycles. The highest BCUT2D eigenvalue weighted by Crippen LogP contribution is 2.16. The lowest BCUT2D eigenvalue weighted by molar-refractivity contribution is 0.573. The van der Waals surface area contributed by atoms with Crippen LogP contribution in [0.1, 0.15) is 19.4 Å². The summed E-state index contributed by atoms with van der Waals surface area (Å²) in [5.41, 5.74) is 8.37. The first kappa shape index (κ1) is 11.1. The van der Waals surface area contributed by atoms with E-state index >= 15 is 0 Å². The lowest BCUT2D eigenvalue weighted by Gasteiger charge is -2.29. The molecule has 2 heteroatoms. The molecule has 0 spiro atoms. The molecule has 0 aliphatic rings. The Labute approximate surface area is 86.7 Å². The van der Waals surface area contributed by atoms with Crippen LogP contribution in [0.15, 0.2) is 24.3 Å². The van der Waals surface area contributed by atoms with Crippen molar-refractivity contribution in [1.82, 2.24) is 0 Å². The molecule has 0 saturated carbocycles. The zero-order chi connectivity index (χ0) is 10.7. The highest BCUT2D eigenvalue weighted by molar-refractivity contribution is 5.47. The van der Waals surface area contributed by atoms with E-state index in [9.17, 15) is 0 Å². The van der Waals surface area contributed by atoms with Crippen molar-refractivity contribution in [2.75, 3.05) is 11.9 Å². The van der Waals surface area contributed by atoms with Gasteiger partial charge in [-0.1, -0.05) is 17.7 Å². The molecular weight excluding hydrogens is 172 g/mol. The standard InChI is InChI=1S/C12H20N2/c1-9-5-7-12(8-6-9)14(4)11(3)10(2)13/h5-8,10-11H,13H2,1-4H3. The third-order valence-corrected chi connectivity index (χ3v) is 2.81. The molecule has 0 heterocycles. The molecule has 1 aromatic carbocycles. The van der Waals surface area contributed by atoms with Gasteiger partial charge in [0.15, 0.2) is 0 Å². The molecular formula is C12H20N2. The minimum Gasteiger partial charge on any atom is -0.370 e. The molecule has 0 radical (unpaired) electrons. The Hall–Kier alpha value is -1.02. The summed E-state index contributed by atoms with van der Waals surface area (Å²) in [6.07, 6.45) is 0. The third-order valence-electron chi connectivity index (χ3n) is 2.81. The lowest BCUT2D eigenvalue weighted by Crippen LogP contribution is -2.42. The molecule has 0 amide bonds. The maximum Gasteiger partial charge on any atom is 0.0406 e. The molecule has 1 rings (SSSR count). The fraction of sp³-hybridized carbons (Fsp3) is 0.500. The molecule has 14 heavy (non-hydrogen) atoms. The lowest BCUT2D eigenvalue weighted by atomic mass is 10.1. The Morgan fingerprint density at radius 3 is 2.07 bits per heavy atom. The highest BCUT2D eigenvalue weighted by atomic mass is 15.1. The van der Waals surface area contributed by atoms with Crippen LogP contribution < -0.4 is 10.6 Å². The smallest absolute Gasteiger partial charge is 0.0406 e. The highest BCUT2D eigenvalue weighted by Gasteiger charge is 2.13. The Morgan fingerprint density at radius 1 is 1.14 bits per heavy atom. The first-order valence-electron chi connectivity index (χ1n) is 5.07. The van der Waals surface area contributed by atoms with Crippen molar-refractivity contribution in [2.45, 2.75) is 32.9 Å². The van der Waals surface area contributed by atoms with E-state index in [4.69, 9.17) is 5.73 Å². The van der Waals surface area contributed by atoms with Crippen LogP contribution in [-0.2, 0) is 0 Å². The summed E-state index contributed by atoms with van der Waals surface area (Å²) >= 11 is 0. The van der Waals surface area contributed by atoms with Gasteiger partial charge in [0.1, 0.15) is 0 Å². The molecule has 1 aromatic rings. The molecule has 78 valence electrons. The van der Waals surface area contributed by atoms with Gasteiger partial charge in [0.2, 0.25) is 0 Å². The number of likely N-dealkylation sites (N-methyl/N-ethyl adjacent to an activating group) is 1. The Bertz CT molecular complexity index is 277. The zero-order valence-corrected chi connectivity index (χ0v) is 9.49. The van der Waals surface area contributed by atoms with E-state index in [0.717, 1.165) is 0 Å². The van der Waals surface area contributed by atoms with Crippen molar-refractivity contribution >= 4 is 5.69 Å². The van der Waals surface area contributed by atoms with Crippen molar-refractivity contribution < 1.29 is 0 Å². The van der Waals surface area contributed by atoms with Gasteiger partial charge >= 0.3 is 0 Å². The van der Waals surface area contributed by atoms with Gasteiger partial charge < -0.3 is 10.6 Å². The summed E-state index contributed by atoms with van der Waals surface area (Å²) in [7, 11) is 2.08. The summed E-state index contributed by atoms with van der Waals surface area (Å²) in [4.78, 5) is 2.21. The molecule has 2 N–H and O–H groups in total. The first-order valence-corrected chi connectivity index (χ1v) is 5.07. The Kier molecular flexibility index (Phi) is 3.53. The second-order valence-corrected chi connectivity index (χ2v) is 4.05. The van der Waals surface area contributed by atoms with Crippen molar-refractivity contribution in [3.63, 3.8) is 0 Å². The van der Waals surface area contributed by atoms with Gasteiger partial charge in [0, 0.05) is 24.8 Å². The van der Waals surface area contributed by atoms with Crippen molar-refractivity contribution in [2.24, 2.45) is 5.73 Å². The van der Waals surface area contributed by atoms with Crippen LogP contribution in [0.4, 0.5) is 5.69 Å². The molecule has 0 aliphatic carbocycles. The topological polar surface area (TPSA) is 29.3 Å². The van der Waals surface area contributed by atoms with Crippen molar-refractivity contribution in [3.8, 4) is 0 Å². The average Bonchev–Trinajstić information content (AvgIpc) is 2.16. The average molecular weight is 192 g/mol. The van der Waals surface area contributed by atoms with Crippen LogP contribution in [0.3, 0.4) is 0 Å². The number of aryl methyl sites for hydroxylation is 1. The summed E-state index contributed by atoms with van der Waals surface area (Å²) in [5, 5.41) is 0. The number of nitrogens with zero attached hydrogens (tertiary/aromatic N) is 1. The molecule has 0 fully saturated rings. The van der Waals surface area contributed by atoms with E-state index in [2.05, 4.69) is 50.1 Å². The number of nitrogens with two attached hydrogens (primary N) is 1. The SMILES string of the molecule is Cc1ccc(N(C)C(C)C(C)N)cc1. The summed E-state index contributed by atoms with van der Waals surface area (Å²) in [6.45, 7) is 6.28. The Morgan fingerprint density at radius 2 is 1.64 bits per heavy atom. The van der Waals surface area contributed by atoms with Crippen LogP contribution in [0.5, 0.6) is 0 Å². The zero-order valence-electron chi connectivity index (χ0n) is 9.49. The minimum atomic E-state index is 0.182. The quantitative estimate of drug-likeness (QED) is 0.795. The van der Waals surface area contributed by atoms with Gasteiger partial charge in [0.25, 0.3) is 0 Å². The Balaban J connectivity index is 2.78. The molecule has 2 unspecified atom stereocenters. The van der Waals surface area contributed by atoms with E-state index in [0.29, 0.717) is 6.04 Å². The van der Waals surface area contributed by atoms with Crippen LogP contribution in [0, 0.1) is 6.92 Å². The number of hydrogen-bond acceptors (Lipinski definition) is 2. The fourth-order valence-electron chi connectivity index (χ4n) is 1.37. The second kappa shape index (κ2) is 4.47. The number of benzene rings is 1. The third kappa shape index (κ3) is 2.48. The molecule has 0 aromatic heterocycles. The molecule has 0 bridgehead atoms. The van der Waals surface area contributed by atoms with Gasteiger partial charge in [-0.05, 0) is 32.9 Å². The van der Waals surface area contributed by atoms with E-state index in [1.54, 1.807) is 0 Å². The van der Waals surface area contributed by atoms with Gasteiger partial charge in [-0.3, -0.25) is 0 Å². The summed E-state index contributed by atoms with van der Waals surface area (Å²) in [6, 6.07) is 9.06. The van der Waals surface area contributed by atoms with E-state index < -0.39 is 0 Å². The fourth-order valence-corrected chi connectivity index (χ4v) is 1.37. The van der Waals surface area contributed by atoms with Crippen LogP contribution in [0.25, 0.3) is 0 Å². The van der Waals surface area contributed by atoms with E-state index in [1.807, 2.05) is 6.92 Å². The monoisotopic (exact) mass is 192 g/mol. The van der Waals surface area contributed by atoms with Crippen LogP contribution in [0.2, 0.25) is 0 Å². The van der Waals surface area contributed by atoms with Gasteiger partial charge in [-0.25, -0.2) is 0 Å². The van der Waals surface area contributed by atoms with Gasteiger partial charge in [-0.2, -0.15) is 0 Å². The first-order chi connectivity index (χ1) is 6.52. The largest absolute Gasteiger partial charge is 0.370 e. The number of anilines is 1.